The molecule has 0 aliphatic carbocycles. The van der Waals surface area contributed by atoms with Crippen LogP contribution in [0.25, 0.3) is 77.0 Å². The highest BCUT2D eigenvalue weighted by atomic mass is 14.7. The minimum atomic E-state index is 0.953. The van der Waals surface area contributed by atoms with E-state index in [2.05, 4.69) is 132 Å². The highest BCUT2D eigenvalue weighted by Crippen LogP contribution is 2.45. The summed E-state index contributed by atoms with van der Waals surface area (Å²) in [5, 5.41) is 7.46. The minimum Gasteiger partial charge on any atom is -0.265 e. The number of nitrogens with zero attached hydrogens (tertiary/aromatic N) is 2. The first-order valence-electron chi connectivity index (χ1n) is 14.2. The Morgan fingerprint density at radius 3 is 1.76 bits per heavy atom. The Balaban J connectivity index is 1.40. The van der Waals surface area contributed by atoms with E-state index in [0.29, 0.717) is 0 Å². The Morgan fingerprint density at radius 1 is 0.357 bits per heavy atom. The monoisotopic (exact) mass is 534 g/mol. The number of fused-ring (bicyclic) bond motifs is 3. The Hall–Kier alpha value is -5.60. The summed E-state index contributed by atoms with van der Waals surface area (Å²) in [5.74, 6) is 0. The molecule has 8 rings (SSSR count). The van der Waals surface area contributed by atoms with Crippen molar-refractivity contribution in [3.63, 3.8) is 0 Å². The highest BCUT2D eigenvalue weighted by Gasteiger charge is 2.18. The summed E-state index contributed by atoms with van der Waals surface area (Å²) < 4.78 is 0. The van der Waals surface area contributed by atoms with Gasteiger partial charge < -0.3 is 0 Å². The van der Waals surface area contributed by atoms with Gasteiger partial charge in [-0.05, 0) is 90.5 Å². The molecule has 8 aromatic rings. The molecule has 0 radical (unpaired) electrons. The van der Waals surface area contributed by atoms with Crippen LogP contribution in [0.1, 0.15) is 0 Å². The fourth-order valence-electron chi connectivity index (χ4n) is 6.19. The molecular formula is C40H26N2. The van der Waals surface area contributed by atoms with E-state index in [9.17, 15) is 0 Å². The molecule has 196 valence electrons. The largest absolute Gasteiger partial charge is 0.265 e. The Bertz CT molecular complexity index is 2220. The third-order valence-corrected chi connectivity index (χ3v) is 8.20. The van der Waals surface area contributed by atoms with Crippen molar-refractivity contribution in [1.29, 1.82) is 0 Å². The number of benzene rings is 6. The van der Waals surface area contributed by atoms with Gasteiger partial charge in [0.2, 0.25) is 0 Å². The van der Waals surface area contributed by atoms with Crippen molar-refractivity contribution < 1.29 is 0 Å². The topological polar surface area (TPSA) is 25.8 Å². The molecule has 2 nitrogen and oxygen atoms in total. The molecule has 0 saturated heterocycles. The van der Waals surface area contributed by atoms with E-state index < -0.39 is 0 Å². The molecule has 0 spiro atoms. The molecule has 0 aliphatic rings. The number of aromatic nitrogens is 2. The van der Waals surface area contributed by atoms with E-state index >= 15 is 0 Å². The molecule has 6 aromatic carbocycles. The first kappa shape index (κ1) is 24.2. The van der Waals surface area contributed by atoms with E-state index in [1.807, 2.05) is 30.7 Å². The first-order chi connectivity index (χ1) is 20.8. The summed E-state index contributed by atoms with van der Waals surface area (Å²) >= 11 is 0. The number of hydrogen-bond donors (Lipinski definition) is 0. The maximum Gasteiger partial charge on any atom is 0.0702 e. The molecule has 0 amide bonds. The van der Waals surface area contributed by atoms with Crippen molar-refractivity contribution >= 4 is 32.3 Å². The van der Waals surface area contributed by atoms with E-state index in [4.69, 9.17) is 4.98 Å². The molecule has 0 saturated carbocycles. The maximum atomic E-state index is 4.89. The van der Waals surface area contributed by atoms with Gasteiger partial charge in [0.25, 0.3) is 0 Å². The third-order valence-electron chi connectivity index (χ3n) is 8.20. The van der Waals surface area contributed by atoms with Crippen LogP contribution in [0.15, 0.2) is 158 Å². The third kappa shape index (κ3) is 4.13. The van der Waals surface area contributed by atoms with Gasteiger partial charge in [-0.15, -0.1) is 0 Å². The van der Waals surface area contributed by atoms with E-state index in [1.54, 1.807) is 0 Å². The van der Waals surface area contributed by atoms with Gasteiger partial charge in [0.05, 0.1) is 5.69 Å². The lowest BCUT2D eigenvalue weighted by Gasteiger charge is -2.19. The molecular weight excluding hydrogens is 508 g/mol. The second-order valence-electron chi connectivity index (χ2n) is 10.7. The van der Waals surface area contributed by atoms with Gasteiger partial charge in [-0.3, -0.25) is 9.97 Å². The molecule has 0 atom stereocenters. The van der Waals surface area contributed by atoms with Gasteiger partial charge in [-0.2, -0.15) is 0 Å². The van der Waals surface area contributed by atoms with E-state index in [1.165, 1.54) is 54.6 Å². The van der Waals surface area contributed by atoms with Crippen LogP contribution in [-0.4, -0.2) is 9.97 Å². The summed E-state index contributed by atoms with van der Waals surface area (Å²) in [7, 11) is 0. The molecule has 2 heterocycles. The Kier molecular flexibility index (Phi) is 5.82. The quantitative estimate of drug-likeness (QED) is 0.210. The lowest BCUT2D eigenvalue weighted by molar-refractivity contribution is 1.30. The van der Waals surface area contributed by atoms with Gasteiger partial charge in [-0.1, -0.05) is 109 Å². The molecule has 0 N–H and O–H groups in total. The number of pyridine rings is 2. The van der Waals surface area contributed by atoms with Crippen LogP contribution >= 0.6 is 0 Å². The standard InChI is InChI=1S/C40H26N2/c1-2-9-29(10-3-1)39-34-12-6-7-13-35(34)40(32-15-14-27-8-4-5-11-30(27)24-32)36-18-16-31(25-37(36)39)38-19-17-33(26-42-38)28-20-22-41-23-21-28/h1-26H. The van der Waals surface area contributed by atoms with Crippen LogP contribution in [0.3, 0.4) is 0 Å². The number of hydrogen-bond acceptors (Lipinski definition) is 2. The summed E-state index contributed by atoms with van der Waals surface area (Å²) in [6.45, 7) is 0. The lowest BCUT2D eigenvalue weighted by Crippen LogP contribution is -1.92. The SMILES string of the molecule is c1ccc(-c2c3ccccc3c(-c3ccc4ccccc4c3)c3ccc(-c4ccc(-c5ccncc5)cn4)cc23)cc1. The molecule has 2 aromatic heterocycles. The second-order valence-corrected chi connectivity index (χ2v) is 10.7. The fourth-order valence-corrected chi connectivity index (χ4v) is 6.19. The summed E-state index contributed by atoms with van der Waals surface area (Å²) in [6, 6.07) is 50.1. The average molecular weight is 535 g/mol. The zero-order valence-corrected chi connectivity index (χ0v) is 22.9. The maximum absolute atomic E-state index is 4.89. The van der Waals surface area contributed by atoms with Crippen molar-refractivity contribution in [2.45, 2.75) is 0 Å². The van der Waals surface area contributed by atoms with Crippen LogP contribution < -0.4 is 0 Å². The van der Waals surface area contributed by atoms with Crippen LogP contribution in [0.5, 0.6) is 0 Å². The van der Waals surface area contributed by atoms with E-state index in [0.717, 1.165) is 22.4 Å². The van der Waals surface area contributed by atoms with Crippen LogP contribution in [0, 0.1) is 0 Å². The van der Waals surface area contributed by atoms with Crippen molar-refractivity contribution in [1.82, 2.24) is 9.97 Å². The summed E-state index contributed by atoms with van der Waals surface area (Å²) in [4.78, 5) is 9.03. The lowest BCUT2D eigenvalue weighted by atomic mass is 9.85. The normalized spacial score (nSPS) is 11.3. The molecule has 0 fully saturated rings. The first-order valence-corrected chi connectivity index (χ1v) is 14.2. The zero-order chi connectivity index (χ0) is 27.9. The van der Waals surface area contributed by atoms with Crippen LogP contribution in [0.2, 0.25) is 0 Å². The predicted molar refractivity (Wildman–Crippen MR) is 176 cm³/mol. The average Bonchev–Trinajstić information content (AvgIpc) is 3.07. The molecule has 2 heteroatoms. The Morgan fingerprint density at radius 2 is 1.00 bits per heavy atom. The van der Waals surface area contributed by atoms with Crippen molar-refractivity contribution in [2.75, 3.05) is 0 Å². The van der Waals surface area contributed by atoms with Crippen LogP contribution in [-0.2, 0) is 0 Å². The summed E-state index contributed by atoms with van der Waals surface area (Å²) in [5.41, 5.74) is 9.19. The molecule has 0 bridgehead atoms. The number of rotatable bonds is 4. The van der Waals surface area contributed by atoms with Crippen molar-refractivity contribution in [3.8, 4) is 44.6 Å². The Labute approximate surface area is 244 Å². The zero-order valence-electron chi connectivity index (χ0n) is 22.9. The van der Waals surface area contributed by atoms with Crippen molar-refractivity contribution in [2.24, 2.45) is 0 Å². The van der Waals surface area contributed by atoms with Crippen molar-refractivity contribution in [3.05, 3.63) is 158 Å². The molecule has 42 heavy (non-hydrogen) atoms. The smallest absolute Gasteiger partial charge is 0.0702 e. The predicted octanol–water partition coefficient (Wildman–Crippen LogP) is 10.6. The fraction of sp³-hybridized carbons (Fsp3) is 0. The molecule has 0 unspecified atom stereocenters. The minimum absolute atomic E-state index is 0.953. The van der Waals surface area contributed by atoms with Gasteiger partial charge >= 0.3 is 0 Å². The van der Waals surface area contributed by atoms with Gasteiger partial charge in [0.15, 0.2) is 0 Å². The molecule has 0 aliphatic heterocycles. The van der Waals surface area contributed by atoms with E-state index in [-0.39, 0.29) is 0 Å². The van der Waals surface area contributed by atoms with Gasteiger partial charge in [0, 0.05) is 29.7 Å². The summed E-state index contributed by atoms with van der Waals surface area (Å²) in [6.07, 6.45) is 5.58. The second kappa shape index (κ2) is 10.1. The highest BCUT2D eigenvalue weighted by molar-refractivity contribution is 6.22. The van der Waals surface area contributed by atoms with Crippen LogP contribution in [0.4, 0.5) is 0 Å². The van der Waals surface area contributed by atoms with Gasteiger partial charge in [0.1, 0.15) is 0 Å². The van der Waals surface area contributed by atoms with Gasteiger partial charge in [-0.25, -0.2) is 0 Å².